The molecule has 170 valence electrons. The first-order valence-electron chi connectivity index (χ1n) is 10.2. The van der Waals surface area contributed by atoms with Crippen LogP contribution < -0.4 is 14.2 Å². The van der Waals surface area contributed by atoms with E-state index in [2.05, 4.69) is 20.9 Å². The largest absolute Gasteiger partial charge is 0.493 e. The number of benzene rings is 2. The molecule has 0 unspecified atom stereocenters. The van der Waals surface area contributed by atoms with Crippen molar-refractivity contribution < 1.29 is 23.8 Å². The molecule has 0 aromatic heterocycles. The van der Waals surface area contributed by atoms with Crippen LogP contribution >= 0.6 is 15.9 Å². The van der Waals surface area contributed by atoms with Crippen LogP contribution in [0.1, 0.15) is 18.1 Å². The molecule has 0 spiro atoms. The van der Waals surface area contributed by atoms with Gasteiger partial charge in [-0.3, -0.25) is 10.2 Å². The summed E-state index contributed by atoms with van der Waals surface area (Å²) in [4.78, 5) is 21.9. The average molecular weight is 512 g/mol. The molecule has 0 atom stereocenters. The van der Waals surface area contributed by atoms with Gasteiger partial charge in [-0.2, -0.15) is 4.99 Å². The fraction of sp³-hybridized carbons (Fsp3) is 0.208. The van der Waals surface area contributed by atoms with Crippen molar-refractivity contribution in [1.82, 2.24) is 5.06 Å². The van der Waals surface area contributed by atoms with Gasteiger partial charge in [0, 0.05) is 6.08 Å². The van der Waals surface area contributed by atoms with Crippen LogP contribution in [0, 0.1) is 12.3 Å². The van der Waals surface area contributed by atoms with E-state index in [-0.39, 0.29) is 11.4 Å². The van der Waals surface area contributed by atoms with Crippen LogP contribution in [-0.2, 0) is 9.63 Å². The van der Waals surface area contributed by atoms with Gasteiger partial charge in [0.05, 0.1) is 17.2 Å². The number of hydrogen-bond acceptors (Lipinski definition) is 6. The predicted molar refractivity (Wildman–Crippen MR) is 128 cm³/mol. The maximum absolute atomic E-state index is 12.5. The van der Waals surface area contributed by atoms with Gasteiger partial charge in [0.2, 0.25) is 0 Å². The van der Waals surface area contributed by atoms with Crippen LogP contribution in [0.15, 0.2) is 63.3 Å². The molecule has 1 N–H and O–H groups in total. The Balaban J connectivity index is 1.48. The van der Waals surface area contributed by atoms with Crippen molar-refractivity contribution in [2.45, 2.75) is 13.8 Å². The topological polar surface area (TPSA) is 93.4 Å². The Labute approximate surface area is 199 Å². The van der Waals surface area contributed by atoms with Crippen LogP contribution in [0.2, 0.25) is 0 Å². The van der Waals surface area contributed by atoms with Crippen molar-refractivity contribution in [3.63, 3.8) is 0 Å². The highest BCUT2D eigenvalue weighted by Gasteiger charge is 2.34. The molecular formula is C24H22BrN3O5. The standard InChI is InChI=1S/C24H22BrN3O5/c1-14-5-4-6-17(9-14)31-7-8-32-22-19(25)12-16(13-20(22)30-3)11-18-23(26)28-21(27-24(18)29)10-15(2)33-28/h4-6,9-13,26H,7-8H2,1-3H3/b18-11+,26-23?. The second-order valence-electron chi connectivity index (χ2n) is 7.37. The molecule has 0 saturated heterocycles. The number of amidine groups is 2. The van der Waals surface area contributed by atoms with Crippen molar-refractivity contribution >= 4 is 39.6 Å². The van der Waals surface area contributed by atoms with Crippen molar-refractivity contribution in [1.29, 1.82) is 5.41 Å². The molecule has 8 nitrogen and oxygen atoms in total. The third-order valence-electron chi connectivity index (χ3n) is 4.83. The zero-order valence-corrected chi connectivity index (χ0v) is 19.9. The lowest BCUT2D eigenvalue weighted by atomic mass is 10.1. The van der Waals surface area contributed by atoms with Crippen LogP contribution in [0.25, 0.3) is 6.08 Å². The summed E-state index contributed by atoms with van der Waals surface area (Å²) in [6, 6.07) is 11.3. The van der Waals surface area contributed by atoms with E-state index in [0.29, 0.717) is 46.3 Å². The zero-order chi connectivity index (χ0) is 23.5. The molecular weight excluding hydrogens is 490 g/mol. The minimum absolute atomic E-state index is 0.0817. The van der Waals surface area contributed by atoms with E-state index in [1.54, 1.807) is 31.2 Å². The van der Waals surface area contributed by atoms with Crippen LogP contribution in [0.5, 0.6) is 17.2 Å². The number of carbonyl (C=O) groups excluding carboxylic acids is 1. The Kier molecular flexibility index (Phi) is 6.50. The first kappa shape index (κ1) is 22.6. The smallest absolute Gasteiger partial charge is 0.282 e. The third kappa shape index (κ3) is 4.93. The van der Waals surface area contributed by atoms with Crippen LogP contribution in [0.3, 0.4) is 0 Å². The quantitative estimate of drug-likeness (QED) is 0.428. The lowest BCUT2D eigenvalue weighted by Gasteiger charge is -2.23. The Bertz CT molecular complexity index is 1220. The predicted octanol–water partition coefficient (Wildman–Crippen LogP) is 4.67. The van der Waals surface area contributed by atoms with Gasteiger partial charge in [-0.1, -0.05) is 12.1 Å². The summed E-state index contributed by atoms with van der Waals surface area (Å²) in [5.74, 6) is 2.04. The second-order valence-corrected chi connectivity index (χ2v) is 8.22. The van der Waals surface area contributed by atoms with Crippen molar-refractivity contribution in [3.05, 3.63) is 69.4 Å². The highest BCUT2D eigenvalue weighted by molar-refractivity contribution is 9.10. The molecule has 0 fully saturated rings. The molecule has 0 saturated carbocycles. The van der Waals surface area contributed by atoms with Crippen molar-refractivity contribution in [3.8, 4) is 17.2 Å². The maximum atomic E-state index is 12.5. The number of carbonyl (C=O) groups is 1. The number of hydroxylamine groups is 2. The average Bonchev–Trinajstić information content (AvgIpc) is 3.15. The number of nitrogens with zero attached hydrogens (tertiary/aromatic N) is 2. The van der Waals surface area contributed by atoms with E-state index in [4.69, 9.17) is 24.5 Å². The summed E-state index contributed by atoms with van der Waals surface area (Å²) in [7, 11) is 1.53. The molecule has 2 aromatic carbocycles. The van der Waals surface area contributed by atoms with Crippen molar-refractivity contribution in [2.24, 2.45) is 4.99 Å². The molecule has 0 aliphatic carbocycles. The Morgan fingerprint density at radius 2 is 1.97 bits per heavy atom. The number of fused-ring (bicyclic) bond motifs is 1. The number of allylic oxidation sites excluding steroid dienone is 1. The minimum atomic E-state index is -0.510. The van der Waals surface area contributed by atoms with Crippen LogP contribution in [0.4, 0.5) is 0 Å². The Morgan fingerprint density at radius 3 is 2.73 bits per heavy atom. The maximum Gasteiger partial charge on any atom is 0.282 e. The molecule has 2 aliphatic rings. The summed E-state index contributed by atoms with van der Waals surface area (Å²) < 4.78 is 17.7. The van der Waals surface area contributed by atoms with Crippen molar-refractivity contribution in [2.75, 3.05) is 20.3 Å². The summed E-state index contributed by atoms with van der Waals surface area (Å²) in [5, 5.41) is 9.57. The van der Waals surface area contributed by atoms with Gasteiger partial charge in [-0.05, 0) is 71.2 Å². The van der Waals surface area contributed by atoms with E-state index in [0.717, 1.165) is 11.3 Å². The third-order valence-corrected chi connectivity index (χ3v) is 5.42. The molecule has 33 heavy (non-hydrogen) atoms. The highest BCUT2D eigenvalue weighted by Crippen LogP contribution is 2.37. The lowest BCUT2D eigenvalue weighted by Crippen LogP contribution is -2.38. The molecule has 2 aromatic rings. The highest BCUT2D eigenvalue weighted by atomic mass is 79.9. The summed E-state index contributed by atoms with van der Waals surface area (Å²) >= 11 is 3.51. The fourth-order valence-electron chi connectivity index (χ4n) is 3.34. The molecule has 2 aliphatic heterocycles. The summed E-state index contributed by atoms with van der Waals surface area (Å²) in [6.07, 6.45) is 3.18. The first-order valence-corrected chi connectivity index (χ1v) is 10.9. The Morgan fingerprint density at radius 1 is 1.18 bits per heavy atom. The van der Waals surface area contributed by atoms with Gasteiger partial charge in [-0.25, -0.2) is 0 Å². The Hall–Kier alpha value is -3.59. The molecule has 1 amide bonds. The summed E-state index contributed by atoms with van der Waals surface area (Å²) in [5.41, 5.74) is 1.87. The van der Waals surface area contributed by atoms with Gasteiger partial charge in [0.25, 0.3) is 5.91 Å². The lowest BCUT2D eigenvalue weighted by molar-refractivity contribution is -0.114. The number of aliphatic imine (C=N–C) groups is 1. The van der Waals surface area contributed by atoms with E-state index in [9.17, 15) is 4.79 Å². The van der Waals surface area contributed by atoms with Gasteiger partial charge in [-0.15, -0.1) is 5.06 Å². The number of aryl methyl sites for hydroxylation is 1. The number of nitrogens with one attached hydrogen (secondary N) is 1. The van der Waals surface area contributed by atoms with Gasteiger partial charge >= 0.3 is 0 Å². The van der Waals surface area contributed by atoms with Gasteiger partial charge in [0.15, 0.2) is 23.2 Å². The zero-order valence-electron chi connectivity index (χ0n) is 18.3. The minimum Gasteiger partial charge on any atom is -0.493 e. The number of ether oxygens (including phenoxy) is 3. The number of amides is 1. The molecule has 2 heterocycles. The number of rotatable bonds is 7. The molecule has 0 radical (unpaired) electrons. The fourth-order valence-corrected chi connectivity index (χ4v) is 3.91. The van der Waals surface area contributed by atoms with E-state index >= 15 is 0 Å². The summed E-state index contributed by atoms with van der Waals surface area (Å²) in [6.45, 7) is 4.41. The van der Waals surface area contributed by atoms with E-state index < -0.39 is 5.91 Å². The second kappa shape index (κ2) is 9.50. The van der Waals surface area contributed by atoms with E-state index in [1.165, 1.54) is 12.2 Å². The number of methoxy groups -OCH3 is 1. The molecule has 0 bridgehead atoms. The number of hydrogen-bond donors (Lipinski definition) is 1. The monoisotopic (exact) mass is 511 g/mol. The first-order chi connectivity index (χ1) is 15.9. The number of halogens is 1. The van der Waals surface area contributed by atoms with Gasteiger partial charge < -0.3 is 19.0 Å². The SMILES string of the molecule is COc1cc(/C=C2\C(=N)N3OC(C)=CC3=NC2=O)cc(Br)c1OCCOc1cccc(C)c1. The van der Waals surface area contributed by atoms with Gasteiger partial charge in [0.1, 0.15) is 24.7 Å². The molecule has 4 rings (SSSR count). The van der Waals surface area contributed by atoms with E-state index in [1.807, 2.05) is 31.2 Å². The normalized spacial score (nSPS) is 16.2. The molecule has 9 heteroatoms. The van der Waals surface area contributed by atoms with Crippen LogP contribution in [-0.4, -0.2) is 43.0 Å².